The molecule has 1 aromatic rings. The molecule has 0 saturated carbocycles. The van der Waals surface area contributed by atoms with Crippen LogP contribution in [0.1, 0.15) is 12.8 Å². The van der Waals surface area contributed by atoms with Crippen molar-refractivity contribution in [3.8, 4) is 0 Å². The number of piperidine rings is 1. The van der Waals surface area contributed by atoms with Crippen molar-refractivity contribution >= 4 is 23.4 Å². The average molecular weight is 369 g/mol. The molecule has 6 nitrogen and oxygen atoms in total. The zero-order valence-corrected chi connectivity index (χ0v) is 13.9. The maximum atomic E-state index is 13.5. The highest BCUT2D eigenvalue weighted by molar-refractivity contribution is 5.95. The number of amides is 3. The minimum atomic E-state index is -1.69. The topological polar surface area (TPSA) is 78.5 Å². The summed E-state index contributed by atoms with van der Waals surface area (Å²) in [6, 6.07) is 1.57. The third-order valence-electron chi connectivity index (χ3n) is 4.08. The second-order valence-electron chi connectivity index (χ2n) is 5.79. The fourth-order valence-corrected chi connectivity index (χ4v) is 2.62. The summed E-state index contributed by atoms with van der Waals surface area (Å²) >= 11 is 0. The quantitative estimate of drug-likeness (QED) is 0.611. The van der Waals surface area contributed by atoms with E-state index in [1.165, 1.54) is 6.08 Å². The molecule has 26 heavy (non-hydrogen) atoms. The van der Waals surface area contributed by atoms with E-state index in [0.717, 1.165) is 6.07 Å². The van der Waals surface area contributed by atoms with E-state index in [2.05, 4.69) is 17.2 Å². The van der Waals surface area contributed by atoms with Crippen molar-refractivity contribution in [2.75, 3.05) is 25.0 Å². The molecule has 1 aliphatic heterocycles. The van der Waals surface area contributed by atoms with Gasteiger partial charge in [0, 0.05) is 19.0 Å². The first kappa shape index (κ1) is 19.5. The highest BCUT2D eigenvalue weighted by Crippen LogP contribution is 2.20. The number of hydrogen-bond acceptors (Lipinski definition) is 3. The molecule has 0 unspecified atom stereocenters. The molecule has 0 bridgehead atoms. The summed E-state index contributed by atoms with van der Waals surface area (Å²) in [7, 11) is 0. The molecule has 0 spiro atoms. The van der Waals surface area contributed by atoms with Crippen LogP contribution in [0.25, 0.3) is 0 Å². The molecule has 0 atom stereocenters. The Kier molecular flexibility index (Phi) is 6.37. The lowest BCUT2D eigenvalue weighted by molar-refractivity contribution is -0.132. The second kappa shape index (κ2) is 8.50. The van der Waals surface area contributed by atoms with Crippen molar-refractivity contribution in [1.82, 2.24) is 10.2 Å². The predicted molar refractivity (Wildman–Crippen MR) is 87.5 cm³/mol. The Morgan fingerprint density at radius 2 is 1.81 bits per heavy atom. The van der Waals surface area contributed by atoms with Gasteiger partial charge in [-0.3, -0.25) is 14.4 Å². The third kappa shape index (κ3) is 4.62. The van der Waals surface area contributed by atoms with Gasteiger partial charge in [0.1, 0.15) is 0 Å². The van der Waals surface area contributed by atoms with E-state index in [9.17, 15) is 27.6 Å². The number of halogens is 3. The van der Waals surface area contributed by atoms with E-state index in [4.69, 9.17) is 0 Å². The predicted octanol–water partition coefficient (Wildman–Crippen LogP) is 1.58. The van der Waals surface area contributed by atoms with Crippen LogP contribution in [0.5, 0.6) is 0 Å². The molecule has 140 valence electrons. The first-order valence-corrected chi connectivity index (χ1v) is 7.96. The van der Waals surface area contributed by atoms with Crippen molar-refractivity contribution in [3.63, 3.8) is 0 Å². The number of carbonyl (C=O) groups is 3. The average Bonchev–Trinajstić information content (AvgIpc) is 2.66. The van der Waals surface area contributed by atoms with E-state index < -0.39 is 35.6 Å². The zero-order valence-electron chi connectivity index (χ0n) is 13.9. The van der Waals surface area contributed by atoms with Gasteiger partial charge in [-0.05, 0) is 31.1 Å². The number of rotatable bonds is 5. The SMILES string of the molecule is C=CC(=O)N1CCC(C(=O)NCC(=O)Nc2ccc(F)c(F)c2F)CC1. The van der Waals surface area contributed by atoms with E-state index in [1.807, 2.05) is 0 Å². The van der Waals surface area contributed by atoms with Gasteiger partial charge in [0.25, 0.3) is 0 Å². The Morgan fingerprint density at radius 1 is 1.15 bits per heavy atom. The molecule has 0 aliphatic carbocycles. The molecule has 1 fully saturated rings. The van der Waals surface area contributed by atoms with E-state index in [1.54, 1.807) is 4.90 Å². The number of benzene rings is 1. The van der Waals surface area contributed by atoms with Crippen LogP contribution >= 0.6 is 0 Å². The van der Waals surface area contributed by atoms with Crippen molar-refractivity contribution in [2.45, 2.75) is 12.8 Å². The lowest BCUT2D eigenvalue weighted by Gasteiger charge is -2.30. The highest BCUT2D eigenvalue weighted by Gasteiger charge is 2.26. The molecule has 9 heteroatoms. The Bertz CT molecular complexity index is 731. The molecule has 2 rings (SSSR count). The number of anilines is 1. The normalized spacial score (nSPS) is 14.7. The van der Waals surface area contributed by atoms with E-state index in [-0.39, 0.29) is 17.7 Å². The summed E-state index contributed by atoms with van der Waals surface area (Å²) in [5.74, 6) is -6.25. The van der Waals surface area contributed by atoms with Gasteiger partial charge < -0.3 is 15.5 Å². The Hall–Kier alpha value is -2.84. The van der Waals surface area contributed by atoms with E-state index in [0.29, 0.717) is 32.0 Å². The lowest BCUT2D eigenvalue weighted by Crippen LogP contribution is -2.44. The van der Waals surface area contributed by atoms with Crippen LogP contribution in [0.3, 0.4) is 0 Å². The first-order valence-electron chi connectivity index (χ1n) is 7.96. The Morgan fingerprint density at radius 3 is 2.42 bits per heavy atom. The molecule has 1 aliphatic rings. The van der Waals surface area contributed by atoms with Crippen molar-refractivity contribution < 1.29 is 27.6 Å². The van der Waals surface area contributed by atoms with Gasteiger partial charge in [-0.1, -0.05) is 6.58 Å². The minimum Gasteiger partial charge on any atom is -0.347 e. The maximum absolute atomic E-state index is 13.5. The van der Waals surface area contributed by atoms with Gasteiger partial charge in [-0.2, -0.15) is 0 Å². The molecule has 1 saturated heterocycles. The summed E-state index contributed by atoms with van der Waals surface area (Å²) in [4.78, 5) is 36.9. The summed E-state index contributed by atoms with van der Waals surface area (Å²) in [5.41, 5.74) is -0.514. The summed E-state index contributed by atoms with van der Waals surface area (Å²) in [5, 5.41) is 4.48. The minimum absolute atomic E-state index is 0.197. The van der Waals surface area contributed by atoms with Crippen LogP contribution in [0.2, 0.25) is 0 Å². The van der Waals surface area contributed by atoms with Gasteiger partial charge in [-0.15, -0.1) is 0 Å². The summed E-state index contributed by atoms with van der Waals surface area (Å²) < 4.78 is 39.4. The molecule has 2 N–H and O–H groups in total. The van der Waals surface area contributed by atoms with Crippen molar-refractivity contribution in [2.24, 2.45) is 5.92 Å². The smallest absolute Gasteiger partial charge is 0.245 e. The van der Waals surface area contributed by atoms with Crippen LogP contribution < -0.4 is 10.6 Å². The van der Waals surface area contributed by atoms with E-state index >= 15 is 0 Å². The van der Waals surface area contributed by atoms with Gasteiger partial charge in [0.05, 0.1) is 12.2 Å². The van der Waals surface area contributed by atoms with Gasteiger partial charge in [0.15, 0.2) is 17.5 Å². The maximum Gasteiger partial charge on any atom is 0.245 e. The first-order chi connectivity index (χ1) is 12.3. The lowest BCUT2D eigenvalue weighted by atomic mass is 9.96. The largest absolute Gasteiger partial charge is 0.347 e. The van der Waals surface area contributed by atoms with Crippen LogP contribution in [0.15, 0.2) is 24.8 Å². The molecule has 1 aromatic carbocycles. The van der Waals surface area contributed by atoms with Crippen molar-refractivity contribution in [1.29, 1.82) is 0 Å². The fourth-order valence-electron chi connectivity index (χ4n) is 2.62. The van der Waals surface area contributed by atoms with Crippen molar-refractivity contribution in [3.05, 3.63) is 42.2 Å². The molecular formula is C17H18F3N3O3. The molecule has 3 amide bonds. The summed E-state index contributed by atoms with van der Waals surface area (Å²) in [6.07, 6.45) is 2.11. The van der Waals surface area contributed by atoms with Crippen LogP contribution in [-0.2, 0) is 14.4 Å². The monoisotopic (exact) mass is 369 g/mol. The zero-order chi connectivity index (χ0) is 19.3. The number of nitrogens with zero attached hydrogens (tertiary/aromatic N) is 1. The van der Waals surface area contributed by atoms with Crippen LogP contribution in [0.4, 0.5) is 18.9 Å². The van der Waals surface area contributed by atoms with Gasteiger partial charge in [-0.25, -0.2) is 13.2 Å². The summed E-state index contributed by atoms with van der Waals surface area (Å²) in [6.45, 7) is 3.79. The van der Waals surface area contributed by atoms with Gasteiger partial charge in [0.2, 0.25) is 17.7 Å². The fraction of sp³-hybridized carbons (Fsp3) is 0.353. The standard InChI is InChI=1S/C17H18F3N3O3/c1-2-14(25)23-7-5-10(6-8-23)17(26)21-9-13(24)22-12-4-3-11(18)15(19)16(12)20/h2-4,10H,1,5-9H2,(H,21,26)(H,22,24). The second-order valence-corrected chi connectivity index (χ2v) is 5.79. The highest BCUT2D eigenvalue weighted by atomic mass is 19.2. The van der Waals surface area contributed by atoms with Crippen LogP contribution in [-0.4, -0.2) is 42.3 Å². The molecule has 0 radical (unpaired) electrons. The number of carbonyl (C=O) groups excluding carboxylic acids is 3. The Balaban J connectivity index is 1.81. The Labute approximate surface area is 148 Å². The van der Waals surface area contributed by atoms with Crippen LogP contribution in [0, 0.1) is 23.4 Å². The molecule has 1 heterocycles. The van der Waals surface area contributed by atoms with Gasteiger partial charge >= 0.3 is 0 Å². The number of hydrogen-bond donors (Lipinski definition) is 2. The molecular weight excluding hydrogens is 351 g/mol. The third-order valence-corrected chi connectivity index (χ3v) is 4.08. The number of likely N-dealkylation sites (tertiary alicyclic amines) is 1. The molecule has 0 aromatic heterocycles. The number of nitrogens with one attached hydrogen (secondary N) is 2.